The number of ketones is 1. The minimum Gasteiger partial charge on any atom is -0.350 e. The van der Waals surface area contributed by atoms with Gasteiger partial charge in [-0.15, -0.1) is 0 Å². The van der Waals surface area contributed by atoms with Crippen LogP contribution in [0.4, 0.5) is 0 Å². The van der Waals surface area contributed by atoms with Gasteiger partial charge in [0.2, 0.25) is 5.91 Å². The molecule has 11 heavy (non-hydrogen) atoms. The minimum absolute atomic E-state index is 0.0602. The van der Waals surface area contributed by atoms with Crippen LogP contribution in [0.5, 0.6) is 0 Å². The summed E-state index contributed by atoms with van der Waals surface area (Å²) < 4.78 is 0. The lowest BCUT2D eigenvalue weighted by Crippen LogP contribution is -2.38. The zero-order valence-electron chi connectivity index (χ0n) is 6.52. The predicted octanol–water partition coefficient (Wildman–Crippen LogP) is 0.244. The van der Waals surface area contributed by atoms with E-state index in [1.54, 1.807) is 0 Å². The third kappa shape index (κ3) is 0.870. The Kier molecular flexibility index (Phi) is 1.14. The minimum atomic E-state index is -0.325. The summed E-state index contributed by atoms with van der Waals surface area (Å²) >= 11 is 0. The van der Waals surface area contributed by atoms with Crippen LogP contribution >= 0.6 is 0 Å². The van der Waals surface area contributed by atoms with E-state index in [1.807, 2.05) is 6.92 Å². The van der Waals surface area contributed by atoms with Crippen LogP contribution in [-0.4, -0.2) is 17.2 Å². The standard InChI is InChI=1S/C8H11NO2/c1-8-3-2-6(10)5(4-8)7(11)9-8/h5H,2-4H2,1H3,(H,9,11)/t5-,8+/m1/s1. The molecule has 2 atom stereocenters. The average molecular weight is 153 g/mol. The first-order valence-electron chi connectivity index (χ1n) is 3.95. The molecule has 1 saturated heterocycles. The van der Waals surface area contributed by atoms with Crippen LogP contribution in [0, 0.1) is 5.92 Å². The molecule has 2 rings (SSSR count). The molecule has 1 N–H and O–H groups in total. The van der Waals surface area contributed by atoms with Gasteiger partial charge >= 0.3 is 0 Å². The van der Waals surface area contributed by atoms with E-state index in [1.165, 1.54) is 0 Å². The average Bonchev–Trinajstić information content (AvgIpc) is 2.18. The van der Waals surface area contributed by atoms with E-state index in [0.717, 1.165) is 6.42 Å². The van der Waals surface area contributed by atoms with Gasteiger partial charge in [0.25, 0.3) is 0 Å². The number of Topliss-reactive ketones (excluding diaryl/α,β-unsaturated/α-hetero) is 1. The topological polar surface area (TPSA) is 46.2 Å². The van der Waals surface area contributed by atoms with Crippen molar-refractivity contribution >= 4 is 11.7 Å². The van der Waals surface area contributed by atoms with E-state index in [0.29, 0.717) is 12.8 Å². The molecular formula is C8H11NO2. The fourth-order valence-corrected chi connectivity index (χ4v) is 1.98. The van der Waals surface area contributed by atoms with E-state index in [9.17, 15) is 9.59 Å². The molecule has 0 spiro atoms. The fourth-order valence-electron chi connectivity index (χ4n) is 1.98. The van der Waals surface area contributed by atoms with Crippen molar-refractivity contribution in [1.29, 1.82) is 0 Å². The summed E-state index contributed by atoms with van der Waals surface area (Å²) in [6.07, 6.45) is 2.10. The third-order valence-corrected chi connectivity index (χ3v) is 2.71. The maximum absolute atomic E-state index is 11.1. The Balaban J connectivity index is 2.31. The molecule has 2 aliphatic rings. The van der Waals surface area contributed by atoms with Crippen molar-refractivity contribution in [3.63, 3.8) is 0 Å². The highest BCUT2D eigenvalue weighted by Gasteiger charge is 2.47. The summed E-state index contributed by atoms with van der Waals surface area (Å²) in [5.74, 6) is -0.263. The van der Waals surface area contributed by atoms with E-state index in [-0.39, 0.29) is 23.1 Å². The zero-order valence-corrected chi connectivity index (χ0v) is 6.52. The molecule has 3 heteroatoms. The molecule has 0 radical (unpaired) electrons. The molecule has 60 valence electrons. The van der Waals surface area contributed by atoms with Crippen LogP contribution < -0.4 is 5.32 Å². The number of nitrogens with one attached hydrogen (secondary N) is 1. The van der Waals surface area contributed by atoms with Crippen LogP contribution in [0.2, 0.25) is 0 Å². The molecule has 1 amide bonds. The molecule has 0 aromatic rings. The summed E-state index contributed by atoms with van der Waals surface area (Å²) in [5, 5.41) is 2.86. The molecule has 1 aliphatic heterocycles. The second-order valence-corrected chi connectivity index (χ2v) is 3.77. The fraction of sp³-hybridized carbons (Fsp3) is 0.750. The highest BCUT2D eigenvalue weighted by molar-refractivity contribution is 6.04. The Morgan fingerprint density at radius 2 is 2.27 bits per heavy atom. The normalized spacial score (nSPS) is 42.5. The van der Waals surface area contributed by atoms with Crippen LogP contribution in [0.25, 0.3) is 0 Å². The van der Waals surface area contributed by atoms with Crippen LogP contribution in [-0.2, 0) is 9.59 Å². The van der Waals surface area contributed by atoms with Crippen molar-refractivity contribution in [2.75, 3.05) is 0 Å². The SMILES string of the molecule is C[C@]12CCC(=O)[C@@H](C1)C(=O)N2. The summed E-state index contributed by atoms with van der Waals surface area (Å²) in [5.41, 5.74) is -0.0737. The van der Waals surface area contributed by atoms with Crippen LogP contribution in [0.1, 0.15) is 26.2 Å². The van der Waals surface area contributed by atoms with Crippen molar-refractivity contribution in [2.24, 2.45) is 5.92 Å². The van der Waals surface area contributed by atoms with Crippen LogP contribution in [0.3, 0.4) is 0 Å². The molecule has 2 fully saturated rings. The summed E-state index contributed by atoms with van der Waals surface area (Å²) in [6.45, 7) is 2.01. The van der Waals surface area contributed by atoms with Crippen molar-refractivity contribution in [2.45, 2.75) is 31.7 Å². The van der Waals surface area contributed by atoms with Gasteiger partial charge in [-0.2, -0.15) is 0 Å². The first-order valence-corrected chi connectivity index (χ1v) is 3.95. The van der Waals surface area contributed by atoms with Crippen molar-refractivity contribution in [3.05, 3.63) is 0 Å². The molecule has 3 nitrogen and oxygen atoms in total. The van der Waals surface area contributed by atoms with Gasteiger partial charge in [-0.25, -0.2) is 0 Å². The molecular weight excluding hydrogens is 142 g/mol. The highest BCUT2D eigenvalue weighted by Crippen LogP contribution is 2.35. The summed E-state index contributed by atoms with van der Waals surface area (Å²) in [4.78, 5) is 22.3. The molecule has 0 aromatic carbocycles. The number of fused-ring (bicyclic) bond motifs is 2. The van der Waals surface area contributed by atoms with E-state index < -0.39 is 0 Å². The first kappa shape index (κ1) is 6.83. The Morgan fingerprint density at radius 1 is 1.55 bits per heavy atom. The van der Waals surface area contributed by atoms with E-state index >= 15 is 0 Å². The number of carbonyl (C=O) groups is 2. The molecule has 2 bridgehead atoms. The predicted molar refractivity (Wildman–Crippen MR) is 38.9 cm³/mol. The molecule has 1 heterocycles. The molecule has 0 aromatic heterocycles. The van der Waals surface area contributed by atoms with Gasteiger partial charge < -0.3 is 5.32 Å². The largest absolute Gasteiger partial charge is 0.350 e. The summed E-state index contributed by atoms with van der Waals surface area (Å²) in [7, 11) is 0. The molecule has 1 saturated carbocycles. The van der Waals surface area contributed by atoms with Gasteiger partial charge in [0, 0.05) is 12.0 Å². The van der Waals surface area contributed by atoms with Gasteiger partial charge in [0.05, 0.1) is 5.92 Å². The van der Waals surface area contributed by atoms with E-state index in [4.69, 9.17) is 0 Å². The lowest BCUT2D eigenvalue weighted by molar-refractivity contribution is -0.131. The Bertz CT molecular complexity index is 236. The molecule has 1 aliphatic carbocycles. The number of carbonyl (C=O) groups excluding carboxylic acids is 2. The van der Waals surface area contributed by atoms with Gasteiger partial charge in [-0.1, -0.05) is 0 Å². The first-order chi connectivity index (χ1) is 5.11. The van der Waals surface area contributed by atoms with Crippen LogP contribution in [0.15, 0.2) is 0 Å². The van der Waals surface area contributed by atoms with Crippen molar-refractivity contribution in [3.8, 4) is 0 Å². The Hall–Kier alpha value is -0.860. The monoisotopic (exact) mass is 153 g/mol. The van der Waals surface area contributed by atoms with Crippen molar-refractivity contribution in [1.82, 2.24) is 5.32 Å². The highest BCUT2D eigenvalue weighted by atomic mass is 16.2. The Labute approximate surface area is 65.2 Å². The summed E-state index contributed by atoms with van der Waals surface area (Å²) in [6, 6.07) is 0. The van der Waals surface area contributed by atoms with Gasteiger partial charge in [-0.05, 0) is 19.8 Å². The maximum atomic E-state index is 11.1. The van der Waals surface area contributed by atoms with Gasteiger partial charge in [0.15, 0.2) is 0 Å². The Morgan fingerprint density at radius 3 is 2.91 bits per heavy atom. The zero-order chi connectivity index (χ0) is 8.06. The smallest absolute Gasteiger partial charge is 0.231 e. The lowest BCUT2D eigenvalue weighted by atomic mass is 9.81. The van der Waals surface area contributed by atoms with E-state index in [2.05, 4.69) is 5.32 Å². The third-order valence-electron chi connectivity index (χ3n) is 2.71. The number of hydrogen-bond donors (Lipinski definition) is 1. The number of amides is 1. The van der Waals surface area contributed by atoms with Crippen molar-refractivity contribution < 1.29 is 9.59 Å². The van der Waals surface area contributed by atoms with Gasteiger partial charge in [-0.3, -0.25) is 9.59 Å². The molecule has 0 unspecified atom stereocenters. The second-order valence-electron chi connectivity index (χ2n) is 3.77. The lowest BCUT2D eigenvalue weighted by Gasteiger charge is -2.26. The number of rotatable bonds is 0. The maximum Gasteiger partial charge on any atom is 0.231 e. The second kappa shape index (κ2) is 1.84. The van der Waals surface area contributed by atoms with Gasteiger partial charge in [0.1, 0.15) is 5.78 Å². The quantitative estimate of drug-likeness (QED) is 0.507. The number of hydrogen-bond acceptors (Lipinski definition) is 2.